The molecule has 2 N–H and O–H groups in total. The summed E-state index contributed by atoms with van der Waals surface area (Å²) in [5.41, 5.74) is 1.70. The smallest absolute Gasteiger partial charge is 0.225 e. The highest BCUT2D eigenvalue weighted by Crippen LogP contribution is 2.27. The van der Waals surface area contributed by atoms with E-state index in [2.05, 4.69) is 4.98 Å². The fraction of sp³-hybridized carbons (Fsp3) is 0.267. The lowest BCUT2D eigenvalue weighted by atomic mass is 10.1. The molecule has 4 nitrogen and oxygen atoms in total. The van der Waals surface area contributed by atoms with Gasteiger partial charge in [-0.2, -0.15) is 0 Å². The second-order valence-electron chi connectivity index (χ2n) is 4.29. The predicted molar refractivity (Wildman–Crippen MR) is 72.2 cm³/mol. The molecule has 100 valence electrons. The molecular formula is C15H17NO3. The van der Waals surface area contributed by atoms with Gasteiger partial charge in [-0.25, -0.2) is 4.98 Å². The minimum atomic E-state index is -0.627. The summed E-state index contributed by atoms with van der Waals surface area (Å²) < 4.78 is 5.67. The zero-order chi connectivity index (χ0) is 13.7. The van der Waals surface area contributed by atoms with Crippen molar-refractivity contribution in [3.8, 4) is 11.6 Å². The van der Waals surface area contributed by atoms with Gasteiger partial charge in [0.1, 0.15) is 5.75 Å². The molecule has 0 aliphatic rings. The van der Waals surface area contributed by atoms with E-state index < -0.39 is 6.10 Å². The molecule has 4 heteroatoms. The summed E-state index contributed by atoms with van der Waals surface area (Å²) in [6, 6.07) is 11.0. The number of pyridine rings is 1. The lowest BCUT2D eigenvalue weighted by Crippen LogP contribution is -1.98. The van der Waals surface area contributed by atoms with Crippen LogP contribution in [-0.4, -0.2) is 21.8 Å². The van der Waals surface area contributed by atoms with Crippen LogP contribution in [0.15, 0.2) is 42.6 Å². The first-order valence-corrected chi connectivity index (χ1v) is 6.21. The molecule has 0 aliphatic heterocycles. The number of ether oxygens (including phenoxy) is 1. The van der Waals surface area contributed by atoms with Crippen molar-refractivity contribution < 1.29 is 14.9 Å². The van der Waals surface area contributed by atoms with E-state index in [0.29, 0.717) is 23.6 Å². The molecule has 1 aromatic heterocycles. The third-order valence-electron chi connectivity index (χ3n) is 2.79. The predicted octanol–water partition coefficient (Wildman–Crippen LogP) is 2.46. The summed E-state index contributed by atoms with van der Waals surface area (Å²) in [6.45, 7) is 1.81. The van der Waals surface area contributed by atoms with E-state index >= 15 is 0 Å². The summed E-state index contributed by atoms with van der Waals surface area (Å²) in [6.07, 6.45) is 1.63. The summed E-state index contributed by atoms with van der Waals surface area (Å²) in [5.74, 6) is 1.06. The number of hydrogen-bond acceptors (Lipinski definition) is 4. The fourth-order valence-corrected chi connectivity index (χ4v) is 1.77. The van der Waals surface area contributed by atoms with E-state index in [-0.39, 0.29) is 6.61 Å². The molecule has 0 bridgehead atoms. The van der Waals surface area contributed by atoms with Crippen LogP contribution in [-0.2, 0) is 6.42 Å². The van der Waals surface area contributed by atoms with Crippen LogP contribution in [0.3, 0.4) is 0 Å². The second-order valence-corrected chi connectivity index (χ2v) is 4.29. The van der Waals surface area contributed by atoms with Crippen LogP contribution in [0.5, 0.6) is 11.6 Å². The van der Waals surface area contributed by atoms with E-state index in [1.165, 1.54) is 0 Å². The molecule has 0 aliphatic carbocycles. The number of aromatic nitrogens is 1. The average molecular weight is 259 g/mol. The molecule has 2 rings (SSSR count). The normalized spacial score (nSPS) is 12.2. The van der Waals surface area contributed by atoms with Crippen LogP contribution in [0, 0.1) is 0 Å². The Morgan fingerprint density at radius 3 is 2.58 bits per heavy atom. The molecule has 0 saturated carbocycles. The van der Waals surface area contributed by atoms with Crippen LogP contribution in [0.2, 0.25) is 0 Å². The maximum Gasteiger partial charge on any atom is 0.225 e. The van der Waals surface area contributed by atoms with Gasteiger partial charge in [0.05, 0.1) is 6.10 Å². The van der Waals surface area contributed by atoms with Gasteiger partial charge in [-0.05, 0) is 43.2 Å². The molecule has 0 spiro atoms. The quantitative estimate of drug-likeness (QED) is 0.865. The highest BCUT2D eigenvalue weighted by molar-refractivity contribution is 5.34. The highest BCUT2D eigenvalue weighted by atomic mass is 16.5. The zero-order valence-corrected chi connectivity index (χ0v) is 10.8. The minimum Gasteiger partial charge on any atom is -0.439 e. The molecule has 2 aromatic rings. The molecular weight excluding hydrogens is 242 g/mol. The molecule has 1 aromatic carbocycles. The number of benzene rings is 1. The van der Waals surface area contributed by atoms with Crippen LogP contribution >= 0.6 is 0 Å². The molecule has 1 atom stereocenters. The summed E-state index contributed by atoms with van der Waals surface area (Å²) >= 11 is 0. The molecule has 19 heavy (non-hydrogen) atoms. The van der Waals surface area contributed by atoms with Gasteiger partial charge in [0, 0.05) is 18.4 Å². The fourth-order valence-electron chi connectivity index (χ4n) is 1.77. The van der Waals surface area contributed by atoms with Crippen LogP contribution in [0.4, 0.5) is 0 Å². The molecule has 0 radical (unpaired) electrons. The topological polar surface area (TPSA) is 62.6 Å². The van der Waals surface area contributed by atoms with E-state index in [0.717, 1.165) is 5.56 Å². The van der Waals surface area contributed by atoms with Crippen LogP contribution in [0.25, 0.3) is 0 Å². The SMILES string of the molecule is CC(O)c1cccnc1Oc1ccc(CCO)cc1. The van der Waals surface area contributed by atoms with Gasteiger partial charge in [-0.1, -0.05) is 12.1 Å². The molecule has 1 heterocycles. The highest BCUT2D eigenvalue weighted by Gasteiger charge is 2.10. The van der Waals surface area contributed by atoms with Crippen molar-refractivity contribution in [1.29, 1.82) is 0 Å². The van der Waals surface area contributed by atoms with E-state index in [9.17, 15) is 5.11 Å². The van der Waals surface area contributed by atoms with Crippen molar-refractivity contribution in [3.63, 3.8) is 0 Å². The maximum atomic E-state index is 9.65. The van der Waals surface area contributed by atoms with Crippen molar-refractivity contribution in [3.05, 3.63) is 53.7 Å². The Kier molecular flexibility index (Phi) is 4.49. The van der Waals surface area contributed by atoms with E-state index in [1.807, 2.05) is 24.3 Å². The van der Waals surface area contributed by atoms with Crippen molar-refractivity contribution in [2.45, 2.75) is 19.4 Å². The molecule has 0 saturated heterocycles. The van der Waals surface area contributed by atoms with Gasteiger partial charge >= 0.3 is 0 Å². The summed E-state index contributed by atoms with van der Waals surface area (Å²) in [5, 5.41) is 18.5. The first-order chi connectivity index (χ1) is 9.20. The number of rotatable bonds is 5. The summed E-state index contributed by atoms with van der Waals surface area (Å²) in [4.78, 5) is 4.13. The van der Waals surface area contributed by atoms with Gasteiger partial charge < -0.3 is 14.9 Å². The Morgan fingerprint density at radius 1 is 1.21 bits per heavy atom. The third-order valence-corrected chi connectivity index (χ3v) is 2.79. The molecule has 0 amide bonds. The van der Waals surface area contributed by atoms with Gasteiger partial charge in [0.25, 0.3) is 0 Å². The maximum absolute atomic E-state index is 9.65. The van der Waals surface area contributed by atoms with Crippen LogP contribution in [0.1, 0.15) is 24.2 Å². The largest absolute Gasteiger partial charge is 0.439 e. The Balaban J connectivity index is 2.17. The molecule has 1 unspecified atom stereocenters. The second kappa shape index (κ2) is 6.31. The van der Waals surface area contributed by atoms with Gasteiger partial charge in [-0.3, -0.25) is 0 Å². The lowest BCUT2D eigenvalue weighted by Gasteiger charge is -2.11. The number of aliphatic hydroxyl groups excluding tert-OH is 2. The number of nitrogens with zero attached hydrogens (tertiary/aromatic N) is 1. The van der Waals surface area contributed by atoms with Gasteiger partial charge in [-0.15, -0.1) is 0 Å². The van der Waals surface area contributed by atoms with Gasteiger partial charge in [0.15, 0.2) is 0 Å². The third kappa shape index (κ3) is 3.53. The first-order valence-electron chi connectivity index (χ1n) is 6.21. The van der Waals surface area contributed by atoms with Crippen molar-refractivity contribution in [2.24, 2.45) is 0 Å². The lowest BCUT2D eigenvalue weighted by molar-refractivity contribution is 0.194. The standard InChI is InChI=1S/C15H17NO3/c1-11(18)14-3-2-9-16-15(14)19-13-6-4-12(5-7-13)8-10-17/h2-7,9,11,17-18H,8,10H2,1H3. The van der Waals surface area contributed by atoms with Crippen molar-refractivity contribution in [2.75, 3.05) is 6.61 Å². The zero-order valence-electron chi connectivity index (χ0n) is 10.8. The van der Waals surface area contributed by atoms with Crippen molar-refractivity contribution >= 4 is 0 Å². The Morgan fingerprint density at radius 2 is 1.95 bits per heavy atom. The Labute approximate surface area is 112 Å². The van der Waals surface area contributed by atoms with E-state index in [4.69, 9.17) is 9.84 Å². The summed E-state index contributed by atoms with van der Waals surface area (Å²) in [7, 11) is 0. The monoisotopic (exact) mass is 259 g/mol. The Bertz CT molecular complexity index is 523. The first kappa shape index (κ1) is 13.5. The minimum absolute atomic E-state index is 0.132. The van der Waals surface area contributed by atoms with E-state index in [1.54, 1.807) is 25.3 Å². The van der Waals surface area contributed by atoms with Crippen LogP contribution < -0.4 is 4.74 Å². The average Bonchev–Trinajstić information content (AvgIpc) is 2.42. The Hall–Kier alpha value is -1.91. The van der Waals surface area contributed by atoms with Gasteiger partial charge in [0.2, 0.25) is 5.88 Å². The number of hydrogen-bond donors (Lipinski definition) is 2. The molecule has 0 fully saturated rings. The van der Waals surface area contributed by atoms with Crippen molar-refractivity contribution in [1.82, 2.24) is 4.98 Å². The number of aliphatic hydroxyl groups is 2.